The molecule has 0 saturated heterocycles. The van der Waals surface area contributed by atoms with Crippen LogP contribution >= 0.6 is 15.9 Å². The first-order valence-corrected chi connectivity index (χ1v) is 10.2. The highest BCUT2D eigenvalue weighted by Gasteiger charge is 2.41. The summed E-state index contributed by atoms with van der Waals surface area (Å²) in [5, 5.41) is 2.99. The molecule has 0 fully saturated rings. The van der Waals surface area contributed by atoms with E-state index in [1.165, 1.54) is 0 Å². The number of hydrogen-bond acceptors (Lipinski definition) is 6. The van der Waals surface area contributed by atoms with Crippen molar-refractivity contribution >= 4 is 27.5 Å². The van der Waals surface area contributed by atoms with Crippen LogP contribution in [0.15, 0.2) is 23.5 Å². The predicted molar refractivity (Wildman–Crippen MR) is 112 cm³/mol. The second kappa shape index (κ2) is 7.39. The summed E-state index contributed by atoms with van der Waals surface area (Å²) in [6, 6.07) is 3.72. The average Bonchev–Trinajstić information content (AvgIpc) is 2.95. The standard InChI is InChI=1S/C20H28BrN3O4/c1-11(2)28-16-8-12-14(9-15(16)26-7)27-10-13-17(22-19(21)24(12)13)18(25)23(6)20(3,4)5/h8-9,11,19,22H,10H2,1-7H3. The SMILES string of the molecule is COc1cc2c(cc1OC(C)C)N1C(=C(C(=O)N(C)C(C)(C)C)NC1Br)CO2. The molecular weight excluding hydrogens is 426 g/mol. The van der Waals surface area contributed by atoms with Crippen molar-refractivity contribution in [1.29, 1.82) is 0 Å². The predicted octanol–water partition coefficient (Wildman–Crippen LogP) is 3.43. The Balaban J connectivity index is 2.04. The van der Waals surface area contributed by atoms with E-state index < -0.39 is 0 Å². The Morgan fingerprint density at radius 2 is 2.04 bits per heavy atom. The van der Waals surface area contributed by atoms with Gasteiger partial charge in [-0.15, -0.1) is 0 Å². The topological polar surface area (TPSA) is 63.3 Å². The van der Waals surface area contributed by atoms with Crippen molar-refractivity contribution in [3.8, 4) is 17.2 Å². The molecule has 0 spiro atoms. The molecule has 2 aliphatic heterocycles. The minimum Gasteiger partial charge on any atom is -0.493 e. The van der Waals surface area contributed by atoms with Crippen LogP contribution < -0.4 is 24.4 Å². The number of carbonyl (C=O) groups is 1. The van der Waals surface area contributed by atoms with Gasteiger partial charge >= 0.3 is 0 Å². The summed E-state index contributed by atoms with van der Waals surface area (Å²) < 4.78 is 17.3. The second-order valence-corrected chi connectivity index (χ2v) is 9.00. The van der Waals surface area contributed by atoms with Crippen LogP contribution in [-0.4, -0.2) is 48.3 Å². The fourth-order valence-electron chi connectivity index (χ4n) is 3.08. The van der Waals surface area contributed by atoms with Gasteiger partial charge in [0.05, 0.1) is 24.6 Å². The minimum atomic E-state index is -0.291. The number of methoxy groups -OCH3 is 1. The zero-order valence-electron chi connectivity index (χ0n) is 17.4. The lowest BCUT2D eigenvalue weighted by molar-refractivity contribution is -0.130. The number of anilines is 1. The summed E-state index contributed by atoms with van der Waals surface area (Å²) in [6.07, 6.45) is 0.000477. The van der Waals surface area contributed by atoms with Gasteiger partial charge in [-0.3, -0.25) is 4.79 Å². The maximum Gasteiger partial charge on any atom is 0.272 e. The zero-order chi connectivity index (χ0) is 20.8. The van der Waals surface area contributed by atoms with Crippen molar-refractivity contribution in [3.05, 3.63) is 23.5 Å². The van der Waals surface area contributed by atoms with Crippen LogP contribution in [0.2, 0.25) is 0 Å². The Bertz CT molecular complexity index is 816. The van der Waals surface area contributed by atoms with Crippen LogP contribution in [0.4, 0.5) is 5.69 Å². The van der Waals surface area contributed by atoms with E-state index in [1.807, 2.05) is 51.7 Å². The van der Waals surface area contributed by atoms with E-state index in [9.17, 15) is 4.79 Å². The Kier molecular flexibility index (Phi) is 5.44. The molecule has 2 aliphatic rings. The van der Waals surface area contributed by atoms with Gasteiger partial charge in [-0.2, -0.15) is 0 Å². The molecule has 1 N–H and O–H groups in total. The molecule has 1 aromatic carbocycles. The number of nitrogens with zero attached hydrogens (tertiary/aromatic N) is 2. The quantitative estimate of drug-likeness (QED) is 0.556. The summed E-state index contributed by atoms with van der Waals surface area (Å²) in [5.74, 6) is 1.85. The number of halogens is 1. The van der Waals surface area contributed by atoms with Crippen LogP contribution in [0, 0.1) is 0 Å². The molecule has 0 bridgehead atoms. The smallest absolute Gasteiger partial charge is 0.272 e. The van der Waals surface area contributed by atoms with Gasteiger partial charge in [-0.25, -0.2) is 0 Å². The Labute approximate surface area is 174 Å². The van der Waals surface area contributed by atoms with Crippen molar-refractivity contribution < 1.29 is 19.0 Å². The molecule has 1 aromatic rings. The van der Waals surface area contributed by atoms with E-state index >= 15 is 0 Å². The Morgan fingerprint density at radius 1 is 1.36 bits per heavy atom. The third-order valence-corrected chi connectivity index (χ3v) is 5.46. The highest BCUT2D eigenvalue weighted by molar-refractivity contribution is 9.09. The zero-order valence-corrected chi connectivity index (χ0v) is 19.0. The van der Waals surface area contributed by atoms with Gasteiger partial charge < -0.3 is 29.3 Å². The highest BCUT2D eigenvalue weighted by Crippen LogP contribution is 2.47. The molecule has 8 heteroatoms. The van der Waals surface area contributed by atoms with Crippen LogP contribution in [0.1, 0.15) is 34.6 Å². The Morgan fingerprint density at radius 3 is 2.61 bits per heavy atom. The minimum absolute atomic E-state index is 0.000477. The number of alkyl halides is 1. The van der Waals surface area contributed by atoms with Crippen molar-refractivity contribution in [1.82, 2.24) is 10.2 Å². The van der Waals surface area contributed by atoms with Gasteiger partial charge in [-0.05, 0) is 50.5 Å². The highest BCUT2D eigenvalue weighted by atomic mass is 79.9. The molecule has 7 nitrogen and oxygen atoms in total. The molecular formula is C20H28BrN3O4. The number of nitrogens with one attached hydrogen (secondary N) is 1. The molecule has 3 rings (SSSR count). The van der Waals surface area contributed by atoms with Gasteiger partial charge in [-0.1, -0.05) is 0 Å². The number of hydrogen-bond donors (Lipinski definition) is 1. The third kappa shape index (κ3) is 3.62. The lowest BCUT2D eigenvalue weighted by Gasteiger charge is -2.33. The number of fused-ring (bicyclic) bond motifs is 3. The fraction of sp³-hybridized carbons (Fsp3) is 0.550. The summed E-state index contributed by atoms with van der Waals surface area (Å²) >= 11 is 3.64. The molecule has 0 aromatic heterocycles. The van der Waals surface area contributed by atoms with Crippen molar-refractivity contribution in [2.75, 3.05) is 25.7 Å². The van der Waals surface area contributed by atoms with E-state index in [2.05, 4.69) is 21.2 Å². The van der Waals surface area contributed by atoms with Crippen LogP contribution in [-0.2, 0) is 4.79 Å². The number of rotatable bonds is 4. The van der Waals surface area contributed by atoms with E-state index in [0.717, 1.165) is 11.4 Å². The second-order valence-electron chi connectivity index (χ2n) is 8.13. The van der Waals surface area contributed by atoms with Gasteiger partial charge in [0, 0.05) is 24.7 Å². The maximum atomic E-state index is 13.1. The molecule has 154 valence electrons. The maximum absolute atomic E-state index is 13.1. The molecule has 0 radical (unpaired) electrons. The molecule has 1 unspecified atom stereocenters. The van der Waals surface area contributed by atoms with Crippen molar-refractivity contribution in [2.24, 2.45) is 0 Å². The summed E-state index contributed by atoms with van der Waals surface area (Å²) in [7, 11) is 3.41. The number of amides is 1. The number of carbonyl (C=O) groups excluding carboxylic acids is 1. The molecule has 1 atom stereocenters. The summed E-state index contributed by atoms with van der Waals surface area (Å²) in [4.78, 5) is 16.8. The Hall–Kier alpha value is -2.09. The number of likely N-dealkylation sites (N-methyl/N-ethyl adjacent to an activating group) is 1. The van der Waals surface area contributed by atoms with Crippen LogP contribution in [0.3, 0.4) is 0 Å². The molecule has 1 amide bonds. The van der Waals surface area contributed by atoms with Gasteiger partial charge in [0.15, 0.2) is 16.6 Å². The first-order valence-electron chi connectivity index (χ1n) is 9.27. The first kappa shape index (κ1) is 20.6. The molecule has 28 heavy (non-hydrogen) atoms. The van der Waals surface area contributed by atoms with E-state index in [1.54, 1.807) is 19.1 Å². The summed E-state index contributed by atoms with van der Waals surface area (Å²) in [5.41, 5.74) is 1.84. The molecule has 2 heterocycles. The lowest BCUT2D eigenvalue weighted by atomic mass is 10.1. The normalized spacial score (nSPS) is 18.3. The lowest BCUT2D eigenvalue weighted by Crippen LogP contribution is -2.45. The van der Waals surface area contributed by atoms with E-state index in [4.69, 9.17) is 14.2 Å². The monoisotopic (exact) mass is 453 g/mol. The van der Waals surface area contributed by atoms with Crippen LogP contribution in [0.5, 0.6) is 17.2 Å². The van der Waals surface area contributed by atoms with Gasteiger partial charge in [0.2, 0.25) is 0 Å². The van der Waals surface area contributed by atoms with E-state index in [-0.39, 0.29) is 29.2 Å². The average molecular weight is 454 g/mol. The fourth-order valence-corrected chi connectivity index (χ4v) is 3.77. The largest absolute Gasteiger partial charge is 0.493 e. The first-order chi connectivity index (χ1) is 13.0. The van der Waals surface area contributed by atoms with Crippen LogP contribution in [0.25, 0.3) is 0 Å². The number of benzene rings is 1. The van der Waals surface area contributed by atoms with E-state index in [0.29, 0.717) is 22.9 Å². The molecule has 0 saturated carbocycles. The summed E-state index contributed by atoms with van der Waals surface area (Å²) in [6.45, 7) is 10.2. The molecule has 0 aliphatic carbocycles. The third-order valence-electron chi connectivity index (χ3n) is 4.83. The van der Waals surface area contributed by atoms with Gasteiger partial charge in [0.25, 0.3) is 5.91 Å². The van der Waals surface area contributed by atoms with Gasteiger partial charge in [0.1, 0.15) is 18.1 Å². The van der Waals surface area contributed by atoms with Crippen molar-refractivity contribution in [2.45, 2.75) is 51.3 Å². The number of ether oxygens (including phenoxy) is 3. The van der Waals surface area contributed by atoms with Crippen molar-refractivity contribution in [3.63, 3.8) is 0 Å².